The van der Waals surface area contributed by atoms with E-state index in [0.717, 1.165) is 38.6 Å². The number of rotatable bonds is 4. The minimum atomic E-state index is 0.615. The van der Waals surface area contributed by atoms with E-state index in [4.69, 9.17) is 26.6 Å². The van der Waals surface area contributed by atoms with E-state index < -0.39 is 0 Å². The van der Waals surface area contributed by atoms with Crippen molar-refractivity contribution in [3.05, 3.63) is 126 Å². The van der Waals surface area contributed by atoms with Crippen molar-refractivity contribution in [2.75, 3.05) is 0 Å². The van der Waals surface area contributed by atoms with Crippen LogP contribution in [0.5, 0.6) is 0 Å². The zero-order valence-electron chi connectivity index (χ0n) is 18.8. The number of nitrogens with zero attached hydrogens (tertiary/aromatic N) is 3. The third kappa shape index (κ3) is 4.07. The molecule has 0 spiro atoms. The highest BCUT2D eigenvalue weighted by molar-refractivity contribution is 6.36. The molecule has 0 aliphatic rings. The quantitative estimate of drug-likeness (QED) is 0.260. The largest absolute Gasteiger partial charge is 0.208 e. The second kappa shape index (κ2) is 9.13. The van der Waals surface area contributed by atoms with E-state index in [9.17, 15) is 0 Å². The van der Waals surface area contributed by atoms with E-state index in [0.29, 0.717) is 22.5 Å². The molecule has 0 N–H and O–H groups in total. The number of hydrogen-bond donors (Lipinski definition) is 0. The Morgan fingerprint density at radius 1 is 0.429 bits per heavy atom. The Bertz CT molecular complexity index is 1580. The zero-order valence-corrected chi connectivity index (χ0v) is 19.5. The molecule has 0 radical (unpaired) electrons. The highest BCUT2D eigenvalue weighted by atomic mass is 35.5. The van der Waals surface area contributed by atoms with Gasteiger partial charge in [0.25, 0.3) is 0 Å². The molecule has 6 rings (SSSR count). The Hall–Kier alpha value is -4.34. The lowest BCUT2D eigenvalue weighted by atomic mass is 9.93. The topological polar surface area (TPSA) is 38.7 Å². The SMILES string of the molecule is Clc1cc(-c2ccccc2)c(-c2nc(-c3ccccc3)nc(-c3ccccc3)n2)c2ccccc12. The van der Waals surface area contributed by atoms with Gasteiger partial charge >= 0.3 is 0 Å². The van der Waals surface area contributed by atoms with Crippen molar-refractivity contribution in [1.82, 2.24) is 15.0 Å². The average molecular weight is 470 g/mol. The van der Waals surface area contributed by atoms with E-state index in [1.165, 1.54) is 0 Å². The summed E-state index contributed by atoms with van der Waals surface area (Å²) < 4.78 is 0. The lowest BCUT2D eigenvalue weighted by molar-refractivity contribution is 1.08. The van der Waals surface area contributed by atoms with Gasteiger partial charge in [-0.3, -0.25) is 0 Å². The molecule has 0 amide bonds. The lowest BCUT2D eigenvalue weighted by Crippen LogP contribution is -2.01. The molecule has 0 atom stereocenters. The Balaban J connectivity index is 1.70. The highest BCUT2D eigenvalue weighted by Gasteiger charge is 2.19. The third-order valence-electron chi connectivity index (χ3n) is 6.00. The Labute approximate surface area is 208 Å². The van der Waals surface area contributed by atoms with Crippen LogP contribution in [0.4, 0.5) is 0 Å². The van der Waals surface area contributed by atoms with Crippen molar-refractivity contribution >= 4 is 22.4 Å². The molecule has 0 aliphatic carbocycles. The summed E-state index contributed by atoms with van der Waals surface area (Å²) in [5, 5.41) is 2.67. The summed E-state index contributed by atoms with van der Waals surface area (Å²) in [6, 6.07) is 40.4. The van der Waals surface area contributed by atoms with Crippen LogP contribution in [-0.2, 0) is 0 Å². The summed E-state index contributed by atoms with van der Waals surface area (Å²) >= 11 is 6.77. The van der Waals surface area contributed by atoms with Gasteiger partial charge in [-0.25, -0.2) is 15.0 Å². The molecule has 1 heterocycles. The summed E-state index contributed by atoms with van der Waals surface area (Å²) in [5.41, 5.74) is 4.85. The van der Waals surface area contributed by atoms with Gasteiger partial charge in [-0.05, 0) is 22.6 Å². The van der Waals surface area contributed by atoms with Crippen molar-refractivity contribution in [3.63, 3.8) is 0 Å². The van der Waals surface area contributed by atoms with Crippen molar-refractivity contribution in [2.45, 2.75) is 0 Å². The van der Waals surface area contributed by atoms with Gasteiger partial charge in [-0.2, -0.15) is 0 Å². The zero-order chi connectivity index (χ0) is 23.6. The molecule has 0 saturated carbocycles. The van der Waals surface area contributed by atoms with Crippen molar-refractivity contribution in [2.24, 2.45) is 0 Å². The molecule has 0 saturated heterocycles. The Morgan fingerprint density at radius 2 is 0.857 bits per heavy atom. The third-order valence-corrected chi connectivity index (χ3v) is 6.31. The number of halogens is 1. The van der Waals surface area contributed by atoms with Crippen LogP contribution in [-0.4, -0.2) is 15.0 Å². The van der Waals surface area contributed by atoms with Crippen LogP contribution >= 0.6 is 11.6 Å². The van der Waals surface area contributed by atoms with E-state index in [2.05, 4.69) is 18.2 Å². The molecule has 0 unspecified atom stereocenters. The maximum absolute atomic E-state index is 6.77. The minimum Gasteiger partial charge on any atom is -0.208 e. The molecule has 35 heavy (non-hydrogen) atoms. The molecular formula is C31H20ClN3. The predicted octanol–water partition coefficient (Wildman–Crippen LogP) is 8.35. The number of fused-ring (bicyclic) bond motifs is 1. The minimum absolute atomic E-state index is 0.615. The normalized spacial score (nSPS) is 11.0. The first-order chi connectivity index (χ1) is 17.3. The molecule has 1 aromatic heterocycles. The molecular weight excluding hydrogens is 450 g/mol. The van der Waals surface area contributed by atoms with Gasteiger partial charge in [0.05, 0.1) is 0 Å². The van der Waals surface area contributed by atoms with E-state index in [1.54, 1.807) is 0 Å². The Morgan fingerprint density at radius 3 is 1.40 bits per heavy atom. The summed E-state index contributed by atoms with van der Waals surface area (Å²) in [7, 11) is 0. The first-order valence-corrected chi connectivity index (χ1v) is 11.8. The van der Waals surface area contributed by atoms with Crippen LogP contribution in [0.2, 0.25) is 5.02 Å². The maximum atomic E-state index is 6.77. The predicted molar refractivity (Wildman–Crippen MR) is 144 cm³/mol. The van der Waals surface area contributed by atoms with Gasteiger partial charge in [0.15, 0.2) is 17.5 Å². The molecule has 3 nitrogen and oxygen atoms in total. The van der Waals surface area contributed by atoms with Crippen LogP contribution in [0.25, 0.3) is 56.1 Å². The highest BCUT2D eigenvalue weighted by Crippen LogP contribution is 2.41. The fourth-order valence-electron chi connectivity index (χ4n) is 4.34. The summed E-state index contributed by atoms with van der Waals surface area (Å²) in [6.07, 6.45) is 0. The number of hydrogen-bond acceptors (Lipinski definition) is 3. The van der Waals surface area contributed by atoms with Gasteiger partial charge in [0.1, 0.15) is 0 Å². The van der Waals surface area contributed by atoms with E-state index >= 15 is 0 Å². The smallest absolute Gasteiger partial charge is 0.165 e. The van der Waals surface area contributed by atoms with Gasteiger partial charge in [-0.1, -0.05) is 127 Å². The van der Waals surface area contributed by atoms with Crippen LogP contribution in [0.3, 0.4) is 0 Å². The molecule has 166 valence electrons. The Kier molecular flexibility index (Phi) is 5.53. The van der Waals surface area contributed by atoms with Gasteiger partial charge in [0, 0.05) is 27.1 Å². The fraction of sp³-hybridized carbons (Fsp3) is 0. The van der Waals surface area contributed by atoms with Crippen molar-refractivity contribution < 1.29 is 0 Å². The van der Waals surface area contributed by atoms with Crippen LogP contribution in [0.1, 0.15) is 0 Å². The van der Waals surface area contributed by atoms with E-state index in [-0.39, 0.29) is 0 Å². The van der Waals surface area contributed by atoms with Crippen molar-refractivity contribution in [1.29, 1.82) is 0 Å². The monoisotopic (exact) mass is 469 g/mol. The van der Waals surface area contributed by atoms with Crippen LogP contribution in [0.15, 0.2) is 121 Å². The van der Waals surface area contributed by atoms with Crippen LogP contribution in [0, 0.1) is 0 Å². The average Bonchev–Trinajstić information content (AvgIpc) is 2.94. The number of benzene rings is 5. The molecule has 4 heteroatoms. The van der Waals surface area contributed by atoms with E-state index in [1.807, 2.05) is 103 Å². The van der Waals surface area contributed by atoms with Gasteiger partial charge in [0.2, 0.25) is 0 Å². The molecule has 6 aromatic rings. The fourth-order valence-corrected chi connectivity index (χ4v) is 4.61. The van der Waals surface area contributed by atoms with Gasteiger partial charge in [-0.15, -0.1) is 0 Å². The standard InChI is InChI=1S/C31H20ClN3/c32-27-20-26(21-12-4-1-5-13-21)28(25-19-11-10-18-24(25)27)31-34-29(22-14-6-2-7-15-22)33-30(35-31)23-16-8-3-9-17-23/h1-20H. The molecule has 5 aromatic carbocycles. The number of aromatic nitrogens is 3. The summed E-state index contributed by atoms with van der Waals surface area (Å²) in [4.78, 5) is 14.9. The lowest BCUT2D eigenvalue weighted by Gasteiger charge is -2.16. The molecule has 0 fully saturated rings. The summed E-state index contributed by atoms with van der Waals surface area (Å²) in [6.45, 7) is 0. The maximum Gasteiger partial charge on any atom is 0.165 e. The molecule has 0 aliphatic heterocycles. The van der Waals surface area contributed by atoms with Gasteiger partial charge < -0.3 is 0 Å². The summed E-state index contributed by atoms with van der Waals surface area (Å²) in [5.74, 6) is 1.88. The second-order valence-corrected chi connectivity index (χ2v) is 8.64. The first kappa shape index (κ1) is 21.2. The van der Waals surface area contributed by atoms with Crippen molar-refractivity contribution in [3.8, 4) is 45.3 Å². The molecule has 0 bridgehead atoms. The van der Waals surface area contributed by atoms with Crippen LogP contribution < -0.4 is 0 Å². The second-order valence-electron chi connectivity index (χ2n) is 8.23. The first-order valence-electron chi connectivity index (χ1n) is 11.4.